The number of fused-ring (bicyclic) bond motifs is 1. The summed E-state index contributed by atoms with van der Waals surface area (Å²) in [5.74, 6) is 0.310. The molecule has 1 aliphatic carbocycles. The molecule has 2 unspecified atom stereocenters. The van der Waals surface area contributed by atoms with Gasteiger partial charge in [0.05, 0.1) is 11.5 Å². The third kappa shape index (κ3) is 2.94. The summed E-state index contributed by atoms with van der Waals surface area (Å²) in [5, 5.41) is 9.66. The van der Waals surface area contributed by atoms with Crippen LogP contribution in [0.15, 0.2) is 30.3 Å². The molecule has 2 fully saturated rings. The van der Waals surface area contributed by atoms with Crippen molar-refractivity contribution in [1.29, 1.82) is 5.26 Å². The molecule has 1 aromatic rings. The van der Waals surface area contributed by atoms with Crippen molar-refractivity contribution in [2.24, 2.45) is 11.3 Å². The summed E-state index contributed by atoms with van der Waals surface area (Å²) in [7, 11) is 0. The van der Waals surface area contributed by atoms with Gasteiger partial charge in [-0.1, -0.05) is 49.6 Å². The van der Waals surface area contributed by atoms with Crippen LogP contribution in [0, 0.1) is 22.7 Å². The molecule has 1 aromatic carbocycles. The van der Waals surface area contributed by atoms with E-state index in [2.05, 4.69) is 6.07 Å². The van der Waals surface area contributed by atoms with E-state index < -0.39 is 0 Å². The maximum Gasteiger partial charge on any atom is 0.410 e. The van der Waals surface area contributed by atoms with Crippen LogP contribution in [0.1, 0.15) is 37.7 Å². The number of nitriles is 1. The van der Waals surface area contributed by atoms with Gasteiger partial charge in [0.1, 0.15) is 6.61 Å². The summed E-state index contributed by atoms with van der Waals surface area (Å²) in [6.45, 7) is 1.49. The minimum atomic E-state index is -0.345. The minimum absolute atomic E-state index is 0.286. The Balaban J connectivity index is 1.61. The maximum atomic E-state index is 12.3. The Morgan fingerprint density at radius 2 is 2.14 bits per heavy atom. The van der Waals surface area contributed by atoms with E-state index >= 15 is 0 Å². The van der Waals surface area contributed by atoms with Crippen LogP contribution < -0.4 is 0 Å². The Morgan fingerprint density at radius 1 is 1.32 bits per heavy atom. The Hall–Kier alpha value is -2.02. The second-order valence-electron chi connectivity index (χ2n) is 6.48. The molecule has 0 spiro atoms. The summed E-state index contributed by atoms with van der Waals surface area (Å²) in [4.78, 5) is 14.0. The number of hydrogen-bond donors (Lipinski definition) is 0. The van der Waals surface area contributed by atoms with E-state index in [1.807, 2.05) is 30.3 Å². The fourth-order valence-electron chi connectivity index (χ4n) is 3.77. The highest BCUT2D eigenvalue weighted by atomic mass is 16.6. The van der Waals surface area contributed by atoms with E-state index in [9.17, 15) is 10.1 Å². The molecule has 0 bridgehead atoms. The monoisotopic (exact) mass is 298 g/mol. The number of carbonyl (C=O) groups is 1. The first-order chi connectivity index (χ1) is 10.7. The number of likely N-dealkylation sites (tertiary alicyclic amines) is 1. The Kier molecular flexibility index (Phi) is 4.33. The molecular formula is C18H22N2O2. The number of nitrogens with zero attached hydrogens (tertiary/aromatic N) is 2. The van der Waals surface area contributed by atoms with Crippen molar-refractivity contribution in [3.05, 3.63) is 35.9 Å². The molecule has 2 atom stereocenters. The van der Waals surface area contributed by atoms with Gasteiger partial charge in [-0.15, -0.1) is 0 Å². The number of ether oxygens (including phenoxy) is 1. The summed E-state index contributed by atoms with van der Waals surface area (Å²) in [6.07, 6.45) is 5.15. The Morgan fingerprint density at radius 3 is 2.91 bits per heavy atom. The zero-order valence-corrected chi connectivity index (χ0v) is 12.8. The molecule has 4 nitrogen and oxygen atoms in total. The summed E-state index contributed by atoms with van der Waals surface area (Å²) >= 11 is 0. The van der Waals surface area contributed by atoms with Crippen molar-refractivity contribution in [1.82, 2.24) is 4.90 Å². The molecule has 0 N–H and O–H groups in total. The van der Waals surface area contributed by atoms with Gasteiger partial charge in [-0.25, -0.2) is 4.79 Å². The fraction of sp³-hybridized carbons (Fsp3) is 0.556. The predicted molar refractivity (Wildman–Crippen MR) is 82.8 cm³/mol. The highest BCUT2D eigenvalue weighted by Crippen LogP contribution is 2.45. The summed E-state index contributed by atoms with van der Waals surface area (Å²) in [6, 6.07) is 12.2. The average molecular weight is 298 g/mol. The second kappa shape index (κ2) is 6.39. The minimum Gasteiger partial charge on any atom is -0.445 e. The standard InChI is InChI=1S/C18H22N2O2/c19-13-18-10-6-2-5-9-16(18)11-20(14-18)17(21)22-12-15-7-3-1-4-8-15/h1,3-4,7-8,16H,2,5-6,9-12,14H2. The van der Waals surface area contributed by atoms with Crippen molar-refractivity contribution in [2.45, 2.75) is 38.7 Å². The Labute approximate surface area is 131 Å². The lowest BCUT2D eigenvalue weighted by Gasteiger charge is -2.24. The van der Waals surface area contributed by atoms with Gasteiger partial charge in [0.25, 0.3) is 0 Å². The largest absolute Gasteiger partial charge is 0.445 e. The first-order valence-electron chi connectivity index (χ1n) is 8.10. The number of hydrogen-bond acceptors (Lipinski definition) is 3. The molecule has 0 aromatic heterocycles. The van der Waals surface area contributed by atoms with Crippen LogP contribution in [-0.4, -0.2) is 24.1 Å². The normalized spacial score (nSPS) is 27.6. The second-order valence-corrected chi connectivity index (χ2v) is 6.48. The first kappa shape index (κ1) is 14.9. The molecule has 4 heteroatoms. The van der Waals surface area contributed by atoms with Gasteiger partial charge >= 0.3 is 6.09 Å². The van der Waals surface area contributed by atoms with Gasteiger partial charge in [-0.2, -0.15) is 5.26 Å². The van der Waals surface area contributed by atoms with Crippen LogP contribution in [0.3, 0.4) is 0 Å². The lowest BCUT2D eigenvalue weighted by atomic mass is 9.76. The molecule has 2 aliphatic rings. The van der Waals surface area contributed by atoms with Crippen LogP contribution in [0.25, 0.3) is 0 Å². The summed E-state index contributed by atoms with van der Waals surface area (Å²) < 4.78 is 5.42. The van der Waals surface area contributed by atoms with Crippen LogP contribution in [0.2, 0.25) is 0 Å². The molecule has 1 saturated carbocycles. The molecular weight excluding hydrogens is 276 g/mol. The zero-order valence-electron chi connectivity index (χ0n) is 12.8. The molecule has 1 saturated heterocycles. The van der Waals surface area contributed by atoms with Gasteiger partial charge < -0.3 is 9.64 Å². The fourth-order valence-corrected chi connectivity index (χ4v) is 3.77. The lowest BCUT2D eigenvalue weighted by molar-refractivity contribution is 0.101. The van der Waals surface area contributed by atoms with E-state index in [4.69, 9.17) is 4.74 Å². The van der Waals surface area contributed by atoms with Crippen molar-refractivity contribution < 1.29 is 9.53 Å². The zero-order chi connectivity index (χ0) is 15.4. The average Bonchev–Trinajstić information content (AvgIpc) is 2.81. The number of carbonyl (C=O) groups excluding carboxylic acids is 1. The van der Waals surface area contributed by atoms with Gasteiger partial charge in [-0.05, 0) is 24.3 Å². The molecule has 116 valence electrons. The van der Waals surface area contributed by atoms with Crippen LogP contribution in [-0.2, 0) is 11.3 Å². The number of benzene rings is 1. The van der Waals surface area contributed by atoms with Crippen molar-refractivity contribution in [2.75, 3.05) is 13.1 Å². The van der Waals surface area contributed by atoms with Crippen LogP contribution in [0.5, 0.6) is 0 Å². The highest BCUT2D eigenvalue weighted by Gasteiger charge is 2.48. The van der Waals surface area contributed by atoms with Gasteiger partial charge in [0.2, 0.25) is 0 Å². The molecule has 22 heavy (non-hydrogen) atoms. The van der Waals surface area contributed by atoms with E-state index in [0.29, 0.717) is 25.6 Å². The number of rotatable bonds is 2. The highest BCUT2D eigenvalue weighted by molar-refractivity contribution is 5.68. The predicted octanol–water partition coefficient (Wildman–Crippen LogP) is 3.73. The lowest BCUT2D eigenvalue weighted by Crippen LogP contribution is -2.32. The first-order valence-corrected chi connectivity index (χ1v) is 8.10. The van der Waals surface area contributed by atoms with Crippen LogP contribution >= 0.6 is 0 Å². The Bertz CT molecular complexity index is 566. The van der Waals surface area contributed by atoms with E-state index in [-0.39, 0.29) is 11.5 Å². The van der Waals surface area contributed by atoms with E-state index in [1.165, 1.54) is 12.8 Å². The molecule has 3 rings (SSSR count). The summed E-state index contributed by atoms with van der Waals surface area (Å²) in [5.41, 5.74) is 0.640. The SMILES string of the molecule is N#CC12CCCCCC1CN(C(=O)OCc1ccccc1)C2. The molecule has 1 heterocycles. The topological polar surface area (TPSA) is 53.3 Å². The smallest absolute Gasteiger partial charge is 0.410 e. The number of amides is 1. The van der Waals surface area contributed by atoms with Crippen molar-refractivity contribution in [3.63, 3.8) is 0 Å². The van der Waals surface area contributed by atoms with Gasteiger partial charge in [-0.3, -0.25) is 0 Å². The third-order valence-corrected chi connectivity index (χ3v) is 5.06. The quantitative estimate of drug-likeness (QED) is 0.836. The maximum absolute atomic E-state index is 12.3. The van der Waals surface area contributed by atoms with Gasteiger partial charge in [0, 0.05) is 13.1 Å². The van der Waals surface area contributed by atoms with Crippen molar-refractivity contribution >= 4 is 6.09 Å². The van der Waals surface area contributed by atoms with Crippen molar-refractivity contribution in [3.8, 4) is 6.07 Å². The van der Waals surface area contributed by atoms with E-state index in [0.717, 1.165) is 24.8 Å². The molecule has 0 radical (unpaired) electrons. The van der Waals surface area contributed by atoms with Gasteiger partial charge in [0.15, 0.2) is 0 Å². The molecule has 1 aliphatic heterocycles. The van der Waals surface area contributed by atoms with E-state index in [1.54, 1.807) is 4.90 Å². The third-order valence-electron chi connectivity index (χ3n) is 5.06. The molecule has 1 amide bonds. The van der Waals surface area contributed by atoms with Crippen LogP contribution in [0.4, 0.5) is 4.79 Å².